The fourth-order valence-corrected chi connectivity index (χ4v) is 0.950. The molecule has 0 rings (SSSR count). The van der Waals surface area contributed by atoms with Gasteiger partial charge in [-0.2, -0.15) is 0 Å². The predicted molar refractivity (Wildman–Crippen MR) is 43.0 cm³/mol. The summed E-state index contributed by atoms with van der Waals surface area (Å²) in [6, 6.07) is 0.552. The molecule has 0 aromatic carbocycles. The molecule has 1 atom stereocenters. The van der Waals surface area contributed by atoms with Crippen LogP contribution in [-0.2, 0) is 0 Å². The van der Waals surface area contributed by atoms with Gasteiger partial charge in [-0.25, -0.2) is 0 Å². The largest absolute Gasteiger partial charge is 0.314 e. The van der Waals surface area contributed by atoms with Crippen molar-refractivity contribution in [3.63, 3.8) is 0 Å². The van der Waals surface area contributed by atoms with E-state index in [0.717, 1.165) is 6.54 Å². The zero-order valence-electron chi connectivity index (χ0n) is 6.99. The summed E-state index contributed by atoms with van der Waals surface area (Å²) >= 11 is 0. The van der Waals surface area contributed by atoms with Crippen LogP contribution >= 0.6 is 0 Å². The molecule has 0 aromatic rings. The van der Waals surface area contributed by atoms with E-state index in [1.54, 1.807) is 0 Å². The topological polar surface area (TPSA) is 12.0 Å². The first-order valence-electron chi connectivity index (χ1n) is 4.10. The van der Waals surface area contributed by atoms with Crippen molar-refractivity contribution < 1.29 is 4.39 Å². The van der Waals surface area contributed by atoms with Crippen molar-refractivity contribution in [2.24, 2.45) is 0 Å². The first-order chi connectivity index (χ1) is 4.81. The summed E-state index contributed by atoms with van der Waals surface area (Å²) in [5.41, 5.74) is 0. The first kappa shape index (κ1) is 9.89. The van der Waals surface area contributed by atoms with Gasteiger partial charge in [0.15, 0.2) is 0 Å². The van der Waals surface area contributed by atoms with Crippen molar-refractivity contribution >= 4 is 0 Å². The molecule has 0 aliphatic rings. The Morgan fingerprint density at radius 1 is 1.50 bits per heavy atom. The maximum atomic E-state index is 11.6. The summed E-state index contributed by atoms with van der Waals surface area (Å²) in [6.07, 6.45) is 3.03. The van der Waals surface area contributed by atoms with Crippen LogP contribution in [0.15, 0.2) is 0 Å². The summed E-state index contributed by atoms with van der Waals surface area (Å²) in [4.78, 5) is 0. The summed E-state index contributed by atoms with van der Waals surface area (Å²) in [5, 5.41) is 3.24. The summed E-state index contributed by atoms with van der Waals surface area (Å²) < 4.78 is 11.6. The van der Waals surface area contributed by atoms with Gasteiger partial charge in [0, 0.05) is 6.04 Å². The Labute approximate surface area is 63.0 Å². The molecule has 2 heteroatoms. The van der Waals surface area contributed by atoms with Gasteiger partial charge in [-0.05, 0) is 26.3 Å². The van der Waals surface area contributed by atoms with Gasteiger partial charge in [-0.3, -0.25) is 4.39 Å². The SMILES string of the molecule is CCCC(C)NCCCF. The number of alkyl halides is 1. The molecular formula is C8H18FN. The van der Waals surface area contributed by atoms with Crippen LogP contribution in [0.3, 0.4) is 0 Å². The van der Waals surface area contributed by atoms with Gasteiger partial charge in [0.25, 0.3) is 0 Å². The highest BCUT2D eigenvalue weighted by atomic mass is 19.1. The highest BCUT2D eigenvalue weighted by Crippen LogP contribution is 1.94. The zero-order chi connectivity index (χ0) is 7.82. The maximum Gasteiger partial charge on any atom is 0.0906 e. The molecular weight excluding hydrogens is 129 g/mol. The Morgan fingerprint density at radius 2 is 2.20 bits per heavy atom. The van der Waals surface area contributed by atoms with E-state index in [1.807, 2.05) is 0 Å². The van der Waals surface area contributed by atoms with E-state index in [9.17, 15) is 4.39 Å². The molecule has 0 saturated heterocycles. The van der Waals surface area contributed by atoms with Gasteiger partial charge in [0.1, 0.15) is 0 Å². The van der Waals surface area contributed by atoms with Crippen LogP contribution in [-0.4, -0.2) is 19.3 Å². The molecule has 0 fully saturated rings. The van der Waals surface area contributed by atoms with Crippen LogP contribution < -0.4 is 5.32 Å². The molecule has 0 aliphatic carbocycles. The Kier molecular flexibility index (Phi) is 6.93. The second-order valence-corrected chi connectivity index (χ2v) is 2.69. The van der Waals surface area contributed by atoms with Gasteiger partial charge >= 0.3 is 0 Å². The fraction of sp³-hybridized carbons (Fsp3) is 1.00. The van der Waals surface area contributed by atoms with Crippen LogP contribution in [0, 0.1) is 0 Å². The molecule has 1 unspecified atom stereocenters. The molecule has 0 aromatic heterocycles. The highest BCUT2D eigenvalue weighted by molar-refractivity contribution is 4.58. The Balaban J connectivity index is 2.97. The van der Waals surface area contributed by atoms with Crippen molar-refractivity contribution in [3.8, 4) is 0 Å². The van der Waals surface area contributed by atoms with Crippen LogP contribution in [0.2, 0.25) is 0 Å². The van der Waals surface area contributed by atoms with Gasteiger partial charge in [-0.15, -0.1) is 0 Å². The minimum absolute atomic E-state index is 0.203. The van der Waals surface area contributed by atoms with E-state index < -0.39 is 0 Å². The first-order valence-corrected chi connectivity index (χ1v) is 4.10. The quantitative estimate of drug-likeness (QED) is 0.567. The van der Waals surface area contributed by atoms with Crippen molar-refractivity contribution in [1.82, 2.24) is 5.32 Å². The van der Waals surface area contributed by atoms with Crippen LogP contribution in [0.4, 0.5) is 4.39 Å². The number of halogens is 1. The molecule has 1 N–H and O–H groups in total. The van der Waals surface area contributed by atoms with E-state index in [2.05, 4.69) is 19.2 Å². The molecule has 0 heterocycles. The van der Waals surface area contributed by atoms with E-state index in [4.69, 9.17) is 0 Å². The lowest BCUT2D eigenvalue weighted by Gasteiger charge is -2.10. The molecule has 0 radical (unpaired) electrons. The maximum absolute atomic E-state index is 11.6. The van der Waals surface area contributed by atoms with E-state index in [1.165, 1.54) is 12.8 Å². The van der Waals surface area contributed by atoms with Crippen LogP contribution in [0.1, 0.15) is 33.1 Å². The van der Waals surface area contributed by atoms with Crippen molar-refractivity contribution in [2.75, 3.05) is 13.2 Å². The second kappa shape index (κ2) is 7.00. The molecule has 1 nitrogen and oxygen atoms in total. The minimum Gasteiger partial charge on any atom is -0.314 e. The van der Waals surface area contributed by atoms with Crippen LogP contribution in [0.5, 0.6) is 0 Å². The normalized spacial score (nSPS) is 13.5. The average Bonchev–Trinajstić information content (AvgIpc) is 1.89. The van der Waals surface area contributed by atoms with Gasteiger partial charge < -0.3 is 5.32 Å². The average molecular weight is 147 g/mol. The smallest absolute Gasteiger partial charge is 0.0906 e. The van der Waals surface area contributed by atoms with Crippen molar-refractivity contribution in [3.05, 3.63) is 0 Å². The Morgan fingerprint density at radius 3 is 2.70 bits per heavy atom. The third-order valence-corrected chi connectivity index (χ3v) is 1.52. The number of rotatable bonds is 6. The molecule has 62 valence electrons. The summed E-state index contributed by atoms with van der Waals surface area (Å²) in [5.74, 6) is 0. The lowest BCUT2D eigenvalue weighted by Crippen LogP contribution is -2.26. The fourth-order valence-electron chi connectivity index (χ4n) is 0.950. The highest BCUT2D eigenvalue weighted by Gasteiger charge is 1.96. The molecule has 0 saturated carbocycles. The third kappa shape index (κ3) is 6.02. The third-order valence-electron chi connectivity index (χ3n) is 1.52. The van der Waals surface area contributed by atoms with Gasteiger partial charge in [0.2, 0.25) is 0 Å². The van der Waals surface area contributed by atoms with Crippen LogP contribution in [0.25, 0.3) is 0 Å². The summed E-state index contributed by atoms with van der Waals surface area (Å²) in [7, 11) is 0. The standard InChI is InChI=1S/C8H18FN/c1-3-5-8(2)10-7-4-6-9/h8,10H,3-7H2,1-2H3. The molecule has 10 heavy (non-hydrogen) atoms. The number of hydrogen-bond donors (Lipinski definition) is 1. The summed E-state index contributed by atoms with van der Waals surface area (Å²) in [6.45, 7) is 4.92. The lowest BCUT2D eigenvalue weighted by atomic mass is 10.2. The van der Waals surface area contributed by atoms with Gasteiger partial charge in [0.05, 0.1) is 6.67 Å². The molecule has 0 aliphatic heterocycles. The lowest BCUT2D eigenvalue weighted by molar-refractivity contribution is 0.434. The monoisotopic (exact) mass is 147 g/mol. The molecule has 0 spiro atoms. The predicted octanol–water partition coefficient (Wildman–Crippen LogP) is 2.12. The second-order valence-electron chi connectivity index (χ2n) is 2.69. The zero-order valence-corrected chi connectivity index (χ0v) is 6.99. The Bertz CT molecular complexity index is 66.3. The molecule has 0 amide bonds. The number of nitrogens with one attached hydrogen (secondary N) is 1. The molecule has 0 bridgehead atoms. The Hall–Kier alpha value is -0.110. The van der Waals surface area contributed by atoms with E-state index >= 15 is 0 Å². The van der Waals surface area contributed by atoms with Crippen molar-refractivity contribution in [1.29, 1.82) is 0 Å². The van der Waals surface area contributed by atoms with Crippen molar-refractivity contribution in [2.45, 2.75) is 39.2 Å². The van der Waals surface area contributed by atoms with E-state index in [0.29, 0.717) is 12.5 Å². The van der Waals surface area contributed by atoms with E-state index in [-0.39, 0.29) is 6.67 Å². The minimum atomic E-state index is -0.203. The number of hydrogen-bond acceptors (Lipinski definition) is 1. The van der Waals surface area contributed by atoms with Gasteiger partial charge in [-0.1, -0.05) is 13.3 Å².